The van der Waals surface area contributed by atoms with Crippen LogP contribution in [0.25, 0.3) is 0 Å². The fourth-order valence-electron chi connectivity index (χ4n) is 1.87. The Hall–Kier alpha value is -2.01. The molecule has 0 saturated heterocycles. The van der Waals surface area contributed by atoms with Gasteiger partial charge in [0.15, 0.2) is 0 Å². The first-order valence-electron chi connectivity index (χ1n) is 6.08. The normalized spacial score (nSPS) is 10.2. The first-order valence-corrected chi connectivity index (χ1v) is 6.46. The van der Waals surface area contributed by atoms with Crippen LogP contribution >= 0.6 is 11.6 Å². The third-order valence-electron chi connectivity index (χ3n) is 2.98. The number of benzene rings is 1. The number of ether oxygens (including phenoxy) is 2. The molecule has 2 rings (SSSR count). The molecule has 20 heavy (non-hydrogen) atoms. The fraction of sp³-hybridized carbons (Fsp3) is 0.286. The molecule has 0 aliphatic heterocycles. The monoisotopic (exact) mass is 293 g/mol. The van der Waals surface area contributed by atoms with Gasteiger partial charge in [0.2, 0.25) is 11.8 Å². The van der Waals surface area contributed by atoms with Gasteiger partial charge in [-0.15, -0.1) is 0 Å². The minimum atomic E-state index is 0.481. The first kappa shape index (κ1) is 14.4. The lowest BCUT2D eigenvalue weighted by atomic mass is 10.2. The van der Waals surface area contributed by atoms with Gasteiger partial charge in [-0.3, -0.25) is 0 Å². The summed E-state index contributed by atoms with van der Waals surface area (Å²) in [6.07, 6.45) is 1.41. The number of methoxy groups -OCH3 is 2. The van der Waals surface area contributed by atoms with Crippen molar-refractivity contribution in [2.24, 2.45) is 0 Å². The molecule has 0 aliphatic rings. The highest BCUT2D eigenvalue weighted by molar-refractivity contribution is 6.31. The van der Waals surface area contributed by atoms with E-state index in [0.29, 0.717) is 18.3 Å². The minimum Gasteiger partial charge on any atom is -0.481 e. The lowest BCUT2D eigenvalue weighted by Crippen LogP contribution is -2.07. The van der Waals surface area contributed by atoms with Gasteiger partial charge in [-0.2, -0.15) is 0 Å². The van der Waals surface area contributed by atoms with Crippen molar-refractivity contribution in [3.8, 4) is 11.8 Å². The number of hydrogen-bond acceptors (Lipinski definition) is 5. The second kappa shape index (κ2) is 6.43. The van der Waals surface area contributed by atoms with Crippen LogP contribution in [0.1, 0.15) is 11.1 Å². The SMILES string of the molecule is COc1ncnc(OC)c1CNc1cccc(Cl)c1C. The van der Waals surface area contributed by atoms with Crippen LogP contribution in [0.2, 0.25) is 5.02 Å². The summed E-state index contributed by atoms with van der Waals surface area (Å²) in [5.41, 5.74) is 2.70. The van der Waals surface area contributed by atoms with Gasteiger partial charge in [0.25, 0.3) is 0 Å². The van der Waals surface area contributed by atoms with Crippen molar-refractivity contribution in [2.45, 2.75) is 13.5 Å². The molecule has 0 spiro atoms. The summed E-state index contributed by atoms with van der Waals surface area (Å²) in [6, 6.07) is 5.71. The van der Waals surface area contributed by atoms with Crippen LogP contribution in [0.5, 0.6) is 11.8 Å². The van der Waals surface area contributed by atoms with E-state index in [4.69, 9.17) is 21.1 Å². The molecule has 0 amide bonds. The molecule has 0 radical (unpaired) electrons. The Kier molecular flexibility index (Phi) is 4.63. The zero-order valence-corrected chi connectivity index (χ0v) is 12.4. The number of nitrogens with one attached hydrogen (secondary N) is 1. The van der Waals surface area contributed by atoms with Crippen LogP contribution in [-0.4, -0.2) is 24.2 Å². The van der Waals surface area contributed by atoms with Gasteiger partial charge in [0, 0.05) is 10.7 Å². The van der Waals surface area contributed by atoms with Gasteiger partial charge >= 0.3 is 0 Å². The molecule has 1 aromatic heterocycles. The molecule has 6 heteroatoms. The number of halogens is 1. The first-order chi connectivity index (χ1) is 9.67. The van der Waals surface area contributed by atoms with E-state index in [-0.39, 0.29) is 0 Å². The van der Waals surface area contributed by atoms with E-state index in [1.165, 1.54) is 6.33 Å². The Labute approximate surface area is 122 Å². The van der Waals surface area contributed by atoms with Crippen LogP contribution < -0.4 is 14.8 Å². The van der Waals surface area contributed by atoms with Crippen molar-refractivity contribution in [2.75, 3.05) is 19.5 Å². The fourth-order valence-corrected chi connectivity index (χ4v) is 2.04. The summed E-state index contributed by atoms with van der Waals surface area (Å²) in [6.45, 7) is 2.44. The number of aromatic nitrogens is 2. The summed E-state index contributed by atoms with van der Waals surface area (Å²) < 4.78 is 10.5. The number of nitrogens with zero attached hydrogens (tertiary/aromatic N) is 2. The molecule has 2 aromatic rings. The van der Waals surface area contributed by atoms with Gasteiger partial charge in [-0.25, -0.2) is 9.97 Å². The zero-order valence-electron chi connectivity index (χ0n) is 11.6. The highest BCUT2D eigenvalue weighted by Gasteiger charge is 2.13. The molecule has 106 valence electrons. The van der Waals surface area contributed by atoms with Gasteiger partial charge in [-0.05, 0) is 24.6 Å². The van der Waals surface area contributed by atoms with Gasteiger partial charge in [0.05, 0.1) is 26.3 Å². The van der Waals surface area contributed by atoms with Crippen molar-refractivity contribution in [1.29, 1.82) is 0 Å². The van der Waals surface area contributed by atoms with Crippen molar-refractivity contribution < 1.29 is 9.47 Å². The van der Waals surface area contributed by atoms with E-state index in [2.05, 4.69) is 15.3 Å². The number of rotatable bonds is 5. The molecular formula is C14H16ClN3O2. The zero-order chi connectivity index (χ0) is 14.5. The van der Waals surface area contributed by atoms with Gasteiger partial charge in [-0.1, -0.05) is 17.7 Å². The van der Waals surface area contributed by atoms with Crippen LogP contribution in [0.3, 0.4) is 0 Å². The van der Waals surface area contributed by atoms with Crippen LogP contribution in [0.15, 0.2) is 24.5 Å². The third-order valence-corrected chi connectivity index (χ3v) is 3.39. The Morgan fingerprint density at radius 1 is 1.15 bits per heavy atom. The Morgan fingerprint density at radius 2 is 1.80 bits per heavy atom. The van der Waals surface area contributed by atoms with Crippen molar-refractivity contribution in [1.82, 2.24) is 9.97 Å². The quantitative estimate of drug-likeness (QED) is 0.918. The van der Waals surface area contributed by atoms with Crippen molar-refractivity contribution in [3.63, 3.8) is 0 Å². The maximum absolute atomic E-state index is 6.10. The highest BCUT2D eigenvalue weighted by Crippen LogP contribution is 2.27. The molecule has 0 fully saturated rings. The van der Waals surface area contributed by atoms with E-state index < -0.39 is 0 Å². The summed E-state index contributed by atoms with van der Waals surface area (Å²) in [7, 11) is 3.13. The maximum atomic E-state index is 6.10. The summed E-state index contributed by atoms with van der Waals surface area (Å²) >= 11 is 6.10. The predicted molar refractivity (Wildman–Crippen MR) is 78.7 cm³/mol. The molecule has 0 atom stereocenters. The van der Waals surface area contributed by atoms with E-state index >= 15 is 0 Å². The Balaban J connectivity index is 2.24. The van der Waals surface area contributed by atoms with Crippen LogP contribution in [0, 0.1) is 6.92 Å². The molecule has 1 aromatic carbocycles. The second-order valence-electron chi connectivity index (χ2n) is 4.14. The molecule has 0 bridgehead atoms. The average molecular weight is 294 g/mol. The lowest BCUT2D eigenvalue weighted by Gasteiger charge is -2.14. The van der Waals surface area contributed by atoms with Gasteiger partial charge < -0.3 is 14.8 Å². The van der Waals surface area contributed by atoms with Crippen molar-refractivity contribution in [3.05, 3.63) is 40.7 Å². The average Bonchev–Trinajstić information content (AvgIpc) is 2.48. The minimum absolute atomic E-state index is 0.481. The molecule has 1 heterocycles. The standard InChI is InChI=1S/C14H16ClN3O2/c1-9-11(15)5-4-6-12(9)16-7-10-13(19-2)17-8-18-14(10)20-3/h4-6,8,16H,7H2,1-3H3. The van der Waals surface area contributed by atoms with E-state index in [1.807, 2.05) is 25.1 Å². The largest absolute Gasteiger partial charge is 0.481 e. The Bertz CT molecular complexity index is 583. The Morgan fingerprint density at radius 3 is 2.40 bits per heavy atom. The smallest absolute Gasteiger partial charge is 0.225 e. The highest BCUT2D eigenvalue weighted by atomic mass is 35.5. The van der Waals surface area contributed by atoms with E-state index in [9.17, 15) is 0 Å². The summed E-state index contributed by atoms with van der Waals surface area (Å²) in [4.78, 5) is 8.16. The molecule has 0 unspecified atom stereocenters. The van der Waals surface area contributed by atoms with Crippen molar-refractivity contribution >= 4 is 17.3 Å². The summed E-state index contributed by atoms with van der Waals surface area (Å²) in [5.74, 6) is 0.980. The molecular weight excluding hydrogens is 278 g/mol. The summed E-state index contributed by atoms with van der Waals surface area (Å²) in [5, 5.41) is 4.02. The van der Waals surface area contributed by atoms with E-state index in [0.717, 1.165) is 21.8 Å². The van der Waals surface area contributed by atoms with E-state index in [1.54, 1.807) is 14.2 Å². The second-order valence-corrected chi connectivity index (χ2v) is 4.54. The molecule has 1 N–H and O–H groups in total. The number of hydrogen-bond donors (Lipinski definition) is 1. The molecule has 0 aliphatic carbocycles. The van der Waals surface area contributed by atoms with Crippen LogP contribution in [0.4, 0.5) is 5.69 Å². The topological polar surface area (TPSA) is 56.3 Å². The lowest BCUT2D eigenvalue weighted by molar-refractivity contribution is 0.363. The maximum Gasteiger partial charge on any atom is 0.225 e. The predicted octanol–water partition coefficient (Wildman–Crippen LogP) is 3.07. The van der Waals surface area contributed by atoms with Crippen LogP contribution in [-0.2, 0) is 6.54 Å². The number of anilines is 1. The van der Waals surface area contributed by atoms with Gasteiger partial charge in [0.1, 0.15) is 6.33 Å². The third kappa shape index (κ3) is 2.93. The molecule has 5 nitrogen and oxygen atoms in total. The molecule has 0 saturated carbocycles.